The number of hydrogen-bond donors (Lipinski definition) is 1. The van der Waals surface area contributed by atoms with Crippen molar-refractivity contribution >= 4 is 0 Å². The maximum atomic E-state index is 11.6. The predicted octanol–water partition coefficient (Wildman–Crippen LogP) is 2.84. The standard InChI is InChI=1S/C15H14N2O/c1-9-4-5-12(11(3)10(9)2)13-6-7-17-15(18)14(13)8-16/h4-7H,1-3H3,(H,17,18). The number of rotatable bonds is 1. The molecule has 0 fully saturated rings. The number of nitriles is 1. The van der Waals surface area contributed by atoms with Crippen molar-refractivity contribution in [1.82, 2.24) is 4.98 Å². The van der Waals surface area contributed by atoms with Crippen LogP contribution in [0.3, 0.4) is 0 Å². The van der Waals surface area contributed by atoms with Gasteiger partial charge >= 0.3 is 0 Å². The molecule has 1 N–H and O–H groups in total. The zero-order valence-corrected chi connectivity index (χ0v) is 10.7. The molecule has 18 heavy (non-hydrogen) atoms. The third-order valence-corrected chi connectivity index (χ3v) is 3.42. The van der Waals surface area contributed by atoms with Crippen LogP contribution in [0.2, 0.25) is 0 Å². The van der Waals surface area contributed by atoms with E-state index in [9.17, 15) is 4.79 Å². The fourth-order valence-corrected chi connectivity index (χ4v) is 2.06. The molecule has 0 atom stereocenters. The Morgan fingerprint density at radius 3 is 2.44 bits per heavy atom. The van der Waals surface area contributed by atoms with Crippen molar-refractivity contribution in [2.45, 2.75) is 20.8 Å². The molecule has 0 aliphatic heterocycles. The monoisotopic (exact) mass is 238 g/mol. The summed E-state index contributed by atoms with van der Waals surface area (Å²) in [7, 11) is 0. The van der Waals surface area contributed by atoms with E-state index < -0.39 is 0 Å². The third kappa shape index (κ3) is 1.82. The second kappa shape index (κ2) is 4.50. The van der Waals surface area contributed by atoms with Crippen molar-refractivity contribution in [2.75, 3.05) is 0 Å². The van der Waals surface area contributed by atoms with Crippen LogP contribution in [0, 0.1) is 32.1 Å². The highest BCUT2D eigenvalue weighted by atomic mass is 16.1. The van der Waals surface area contributed by atoms with Crippen LogP contribution < -0.4 is 5.56 Å². The van der Waals surface area contributed by atoms with Gasteiger partial charge < -0.3 is 4.98 Å². The van der Waals surface area contributed by atoms with Gasteiger partial charge in [0.1, 0.15) is 11.6 Å². The average Bonchev–Trinajstić information content (AvgIpc) is 2.36. The lowest BCUT2D eigenvalue weighted by molar-refractivity contribution is 1.21. The Kier molecular flexibility index (Phi) is 3.03. The van der Waals surface area contributed by atoms with E-state index in [1.165, 1.54) is 11.1 Å². The number of nitrogens with one attached hydrogen (secondary N) is 1. The number of aryl methyl sites for hydroxylation is 1. The smallest absolute Gasteiger partial charge is 0.266 e. The number of benzene rings is 1. The normalized spacial score (nSPS) is 10.1. The Bertz CT molecular complexity index is 705. The topological polar surface area (TPSA) is 56.6 Å². The predicted molar refractivity (Wildman–Crippen MR) is 71.4 cm³/mol. The van der Waals surface area contributed by atoms with E-state index in [0.29, 0.717) is 5.56 Å². The molecule has 3 nitrogen and oxygen atoms in total. The van der Waals surface area contributed by atoms with Crippen molar-refractivity contribution in [3.63, 3.8) is 0 Å². The van der Waals surface area contributed by atoms with Crippen LogP contribution in [0.5, 0.6) is 0 Å². The Labute approximate surface area is 106 Å². The molecule has 1 aromatic carbocycles. The van der Waals surface area contributed by atoms with Crippen LogP contribution >= 0.6 is 0 Å². The summed E-state index contributed by atoms with van der Waals surface area (Å²) in [6, 6.07) is 7.73. The SMILES string of the molecule is Cc1ccc(-c2cc[nH]c(=O)c2C#N)c(C)c1C. The van der Waals surface area contributed by atoms with E-state index >= 15 is 0 Å². The molecule has 1 aromatic heterocycles. The molecular formula is C15H14N2O. The highest BCUT2D eigenvalue weighted by molar-refractivity contribution is 5.74. The summed E-state index contributed by atoms with van der Waals surface area (Å²) >= 11 is 0. The van der Waals surface area contributed by atoms with Gasteiger partial charge in [-0.15, -0.1) is 0 Å². The lowest BCUT2D eigenvalue weighted by Crippen LogP contribution is -2.10. The summed E-state index contributed by atoms with van der Waals surface area (Å²) in [6.45, 7) is 6.11. The van der Waals surface area contributed by atoms with E-state index in [2.05, 4.69) is 11.9 Å². The molecule has 0 saturated heterocycles. The minimum Gasteiger partial charge on any atom is -0.328 e. The van der Waals surface area contributed by atoms with Gasteiger partial charge in [0.2, 0.25) is 0 Å². The number of pyridine rings is 1. The van der Waals surface area contributed by atoms with Gasteiger partial charge in [-0.05, 0) is 49.1 Å². The van der Waals surface area contributed by atoms with Gasteiger partial charge in [-0.25, -0.2) is 0 Å². The first kappa shape index (κ1) is 12.1. The van der Waals surface area contributed by atoms with Gasteiger partial charge in [-0.2, -0.15) is 5.26 Å². The Balaban J connectivity index is 2.79. The van der Waals surface area contributed by atoms with Crippen molar-refractivity contribution in [2.24, 2.45) is 0 Å². The second-order valence-corrected chi connectivity index (χ2v) is 4.39. The number of hydrogen-bond acceptors (Lipinski definition) is 2. The molecule has 1 heterocycles. The first-order valence-electron chi connectivity index (χ1n) is 5.75. The van der Waals surface area contributed by atoms with E-state index in [0.717, 1.165) is 11.1 Å². The molecule has 0 saturated carbocycles. The van der Waals surface area contributed by atoms with Gasteiger partial charge in [-0.3, -0.25) is 4.79 Å². The van der Waals surface area contributed by atoms with Gasteiger partial charge in [0.15, 0.2) is 0 Å². The summed E-state index contributed by atoms with van der Waals surface area (Å²) in [6.07, 6.45) is 1.58. The summed E-state index contributed by atoms with van der Waals surface area (Å²) in [5, 5.41) is 9.11. The van der Waals surface area contributed by atoms with E-state index in [1.54, 1.807) is 12.3 Å². The quantitative estimate of drug-likeness (QED) is 0.830. The minimum atomic E-state index is -0.340. The van der Waals surface area contributed by atoms with Gasteiger partial charge in [0.25, 0.3) is 5.56 Å². The zero-order chi connectivity index (χ0) is 13.3. The summed E-state index contributed by atoms with van der Waals surface area (Å²) in [4.78, 5) is 14.2. The molecular weight excluding hydrogens is 224 g/mol. The van der Waals surface area contributed by atoms with Crippen LogP contribution in [0.4, 0.5) is 0 Å². The molecule has 0 spiro atoms. The van der Waals surface area contributed by atoms with E-state index in [1.807, 2.05) is 32.0 Å². The van der Waals surface area contributed by atoms with E-state index in [4.69, 9.17) is 5.26 Å². The van der Waals surface area contributed by atoms with Crippen LogP contribution in [0.1, 0.15) is 22.3 Å². The van der Waals surface area contributed by atoms with Crippen LogP contribution in [-0.2, 0) is 0 Å². The fraction of sp³-hybridized carbons (Fsp3) is 0.200. The van der Waals surface area contributed by atoms with Crippen LogP contribution in [0.25, 0.3) is 11.1 Å². The molecule has 2 aromatic rings. The second-order valence-electron chi connectivity index (χ2n) is 4.39. The molecule has 3 heteroatoms. The molecule has 2 rings (SSSR count). The molecule has 0 amide bonds. The van der Waals surface area contributed by atoms with Gasteiger partial charge in [0.05, 0.1) is 0 Å². The fourth-order valence-electron chi connectivity index (χ4n) is 2.06. The number of aromatic amines is 1. The van der Waals surface area contributed by atoms with Crippen molar-refractivity contribution in [3.05, 3.63) is 57.0 Å². The highest BCUT2D eigenvalue weighted by Gasteiger charge is 2.12. The van der Waals surface area contributed by atoms with Crippen LogP contribution in [0.15, 0.2) is 29.2 Å². The number of aromatic nitrogens is 1. The zero-order valence-electron chi connectivity index (χ0n) is 10.7. The highest BCUT2D eigenvalue weighted by Crippen LogP contribution is 2.28. The first-order valence-corrected chi connectivity index (χ1v) is 5.75. The molecule has 0 aliphatic rings. The lowest BCUT2D eigenvalue weighted by Gasteiger charge is -2.12. The first-order chi connectivity index (χ1) is 8.56. The molecule has 0 bridgehead atoms. The Morgan fingerprint density at radius 2 is 1.78 bits per heavy atom. The number of nitrogens with zero attached hydrogens (tertiary/aromatic N) is 1. The maximum Gasteiger partial charge on any atom is 0.266 e. The number of H-pyrrole nitrogens is 1. The molecule has 0 radical (unpaired) electrons. The molecule has 0 unspecified atom stereocenters. The van der Waals surface area contributed by atoms with Crippen molar-refractivity contribution in [1.29, 1.82) is 5.26 Å². The molecule has 90 valence electrons. The average molecular weight is 238 g/mol. The van der Waals surface area contributed by atoms with Crippen LogP contribution in [-0.4, -0.2) is 4.98 Å². The molecule has 0 aliphatic carbocycles. The summed E-state index contributed by atoms with van der Waals surface area (Å²) in [5.41, 5.74) is 4.98. The maximum absolute atomic E-state index is 11.6. The largest absolute Gasteiger partial charge is 0.328 e. The summed E-state index contributed by atoms with van der Waals surface area (Å²) < 4.78 is 0. The van der Waals surface area contributed by atoms with Crippen molar-refractivity contribution < 1.29 is 0 Å². The lowest BCUT2D eigenvalue weighted by atomic mass is 9.92. The third-order valence-electron chi connectivity index (χ3n) is 3.42. The van der Waals surface area contributed by atoms with Gasteiger partial charge in [0, 0.05) is 11.8 Å². The summed E-state index contributed by atoms with van der Waals surface area (Å²) in [5.74, 6) is 0. The van der Waals surface area contributed by atoms with E-state index in [-0.39, 0.29) is 11.1 Å². The Hall–Kier alpha value is -2.34. The Morgan fingerprint density at radius 1 is 1.06 bits per heavy atom. The van der Waals surface area contributed by atoms with Gasteiger partial charge in [-0.1, -0.05) is 12.1 Å². The van der Waals surface area contributed by atoms with Crippen molar-refractivity contribution in [3.8, 4) is 17.2 Å². The minimum absolute atomic E-state index is 0.170.